The molecule has 2 aromatic rings. The maximum Gasteiger partial charge on any atom is 0.191 e. The Bertz CT molecular complexity index is 868. The molecule has 0 aliphatic carbocycles. The fraction of sp³-hybridized carbons (Fsp3) is 0.520. The molecule has 2 N–H and O–H groups in total. The molecule has 0 saturated carbocycles. The summed E-state index contributed by atoms with van der Waals surface area (Å²) >= 11 is 0. The zero-order valence-electron chi connectivity index (χ0n) is 19.9. The molecule has 4 rings (SSSR count). The molecule has 0 spiro atoms. The van der Waals surface area contributed by atoms with Crippen molar-refractivity contribution < 1.29 is 0 Å². The Balaban J connectivity index is 0.00000306. The molecule has 3 heterocycles. The van der Waals surface area contributed by atoms with E-state index in [0.29, 0.717) is 12.6 Å². The van der Waals surface area contributed by atoms with Crippen LogP contribution < -0.4 is 20.4 Å². The van der Waals surface area contributed by atoms with Crippen LogP contribution in [0.1, 0.15) is 25.8 Å². The quantitative estimate of drug-likeness (QED) is 0.307. The molecule has 7 nitrogen and oxygen atoms in total. The number of nitrogens with zero attached hydrogens (tertiary/aromatic N) is 5. The normalized spacial score (nSPS) is 19.3. The van der Waals surface area contributed by atoms with Gasteiger partial charge in [-0.25, -0.2) is 9.98 Å². The zero-order valence-corrected chi connectivity index (χ0v) is 22.2. The Labute approximate surface area is 215 Å². The predicted octanol–water partition coefficient (Wildman–Crippen LogP) is 3.18. The number of benzene rings is 1. The molecule has 1 aromatic carbocycles. The van der Waals surface area contributed by atoms with E-state index in [0.717, 1.165) is 70.6 Å². The molecule has 2 aliphatic rings. The number of halogens is 1. The number of para-hydroxylation sites is 1. The lowest BCUT2D eigenvalue weighted by atomic mass is 10.2. The highest BCUT2D eigenvalue weighted by atomic mass is 127. The van der Waals surface area contributed by atoms with Gasteiger partial charge in [-0.3, -0.25) is 0 Å². The minimum Gasteiger partial charge on any atom is -0.369 e. The number of guanidine groups is 1. The first-order chi connectivity index (χ1) is 15.7. The van der Waals surface area contributed by atoms with Gasteiger partial charge in [-0.1, -0.05) is 25.1 Å². The molecule has 0 bridgehead atoms. The second-order valence-electron chi connectivity index (χ2n) is 8.55. The van der Waals surface area contributed by atoms with Crippen molar-refractivity contribution >= 4 is 41.4 Å². The topological polar surface area (TPSA) is 59.0 Å². The SMILES string of the molecule is CCNC(=NCc1ccnc(N2CCN(CC)CC2)c1)NC1CCN(c2ccccc2)C1.I. The van der Waals surface area contributed by atoms with E-state index in [1.807, 2.05) is 6.20 Å². The highest BCUT2D eigenvalue weighted by Crippen LogP contribution is 2.20. The summed E-state index contributed by atoms with van der Waals surface area (Å²) in [5, 5.41) is 7.05. The summed E-state index contributed by atoms with van der Waals surface area (Å²) in [7, 11) is 0. The van der Waals surface area contributed by atoms with E-state index >= 15 is 0 Å². The zero-order chi connectivity index (χ0) is 22.2. The molecule has 1 unspecified atom stereocenters. The van der Waals surface area contributed by atoms with Crippen LogP contribution in [0.15, 0.2) is 53.7 Å². The molecule has 1 aromatic heterocycles. The van der Waals surface area contributed by atoms with Crippen LogP contribution in [0.5, 0.6) is 0 Å². The maximum absolute atomic E-state index is 4.88. The summed E-state index contributed by atoms with van der Waals surface area (Å²) < 4.78 is 0. The smallest absolute Gasteiger partial charge is 0.191 e. The maximum atomic E-state index is 4.88. The molecule has 0 amide bonds. The summed E-state index contributed by atoms with van der Waals surface area (Å²) in [5.74, 6) is 1.96. The molecule has 0 radical (unpaired) electrons. The van der Waals surface area contributed by atoms with Gasteiger partial charge in [0.2, 0.25) is 0 Å². The molecular weight excluding hydrogens is 525 g/mol. The molecular formula is C25H38IN7. The number of anilines is 2. The van der Waals surface area contributed by atoms with Crippen LogP contribution in [-0.2, 0) is 6.54 Å². The van der Waals surface area contributed by atoms with E-state index < -0.39 is 0 Å². The van der Waals surface area contributed by atoms with Crippen LogP contribution in [0.2, 0.25) is 0 Å². The van der Waals surface area contributed by atoms with Gasteiger partial charge in [0.25, 0.3) is 0 Å². The van der Waals surface area contributed by atoms with E-state index in [1.165, 1.54) is 11.3 Å². The summed E-state index contributed by atoms with van der Waals surface area (Å²) in [6.07, 6.45) is 3.03. The van der Waals surface area contributed by atoms with E-state index in [2.05, 4.69) is 86.6 Å². The molecule has 33 heavy (non-hydrogen) atoms. The second kappa shape index (κ2) is 13.0. The molecule has 2 fully saturated rings. The predicted molar refractivity (Wildman–Crippen MR) is 149 cm³/mol. The number of piperazine rings is 1. The lowest BCUT2D eigenvalue weighted by molar-refractivity contribution is 0.270. The van der Waals surface area contributed by atoms with Gasteiger partial charge in [-0.15, -0.1) is 24.0 Å². The molecule has 1 atom stereocenters. The Morgan fingerprint density at radius 1 is 1.03 bits per heavy atom. The Kier molecular flexibility index (Phi) is 10.1. The van der Waals surface area contributed by atoms with Crippen molar-refractivity contribution in [2.45, 2.75) is 32.9 Å². The largest absolute Gasteiger partial charge is 0.369 e. The van der Waals surface area contributed by atoms with Crippen molar-refractivity contribution in [1.29, 1.82) is 0 Å². The number of hydrogen-bond donors (Lipinski definition) is 2. The van der Waals surface area contributed by atoms with Crippen LogP contribution in [-0.4, -0.2) is 74.2 Å². The minimum absolute atomic E-state index is 0. The minimum atomic E-state index is 0. The number of likely N-dealkylation sites (N-methyl/N-ethyl adjacent to an activating group) is 1. The Morgan fingerprint density at radius 2 is 1.82 bits per heavy atom. The van der Waals surface area contributed by atoms with E-state index in [9.17, 15) is 0 Å². The highest BCUT2D eigenvalue weighted by molar-refractivity contribution is 14.0. The van der Waals surface area contributed by atoms with Crippen molar-refractivity contribution in [2.24, 2.45) is 4.99 Å². The van der Waals surface area contributed by atoms with E-state index in [4.69, 9.17) is 4.99 Å². The first-order valence-electron chi connectivity index (χ1n) is 12.0. The first-order valence-corrected chi connectivity index (χ1v) is 12.0. The third kappa shape index (κ3) is 7.20. The number of pyridine rings is 1. The summed E-state index contributed by atoms with van der Waals surface area (Å²) in [6.45, 7) is 13.3. The lowest BCUT2D eigenvalue weighted by Crippen LogP contribution is -2.46. The summed E-state index contributed by atoms with van der Waals surface area (Å²) in [6, 6.07) is 15.3. The third-order valence-electron chi connectivity index (χ3n) is 6.37. The Morgan fingerprint density at radius 3 is 2.55 bits per heavy atom. The number of aromatic nitrogens is 1. The van der Waals surface area contributed by atoms with Crippen molar-refractivity contribution in [1.82, 2.24) is 20.5 Å². The van der Waals surface area contributed by atoms with Crippen LogP contribution in [0.25, 0.3) is 0 Å². The van der Waals surface area contributed by atoms with Gasteiger partial charge >= 0.3 is 0 Å². The van der Waals surface area contributed by atoms with Crippen molar-refractivity contribution in [3.8, 4) is 0 Å². The number of aliphatic imine (C=N–C) groups is 1. The van der Waals surface area contributed by atoms with E-state index in [-0.39, 0.29) is 24.0 Å². The Hall–Kier alpha value is -2.07. The van der Waals surface area contributed by atoms with E-state index in [1.54, 1.807) is 0 Å². The van der Waals surface area contributed by atoms with Crippen molar-refractivity contribution in [3.63, 3.8) is 0 Å². The average Bonchev–Trinajstić information content (AvgIpc) is 3.32. The van der Waals surface area contributed by atoms with Crippen LogP contribution in [0, 0.1) is 0 Å². The van der Waals surface area contributed by atoms with Crippen molar-refractivity contribution in [3.05, 3.63) is 54.2 Å². The highest BCUT2D eigenvalue weighted by Gasteiger charge is 2.23. The fourth-order valence-electron chi connectivity index (χ4n) is 4.46. The van der Waals surface area contributed by atoms with Gasteiger partial charge in [-0.2, -0.15) is 0 Å². The monoisotopic (exact) mass is 563 g/mol. The summed E-state index contributed by atoms with van der Waals surface area (Å²) in [5.41, 5.74) is 2.49. The van der Waals surface area contributed by atoms with Gasteiger partial charge in [0.15, 0.2) is 5.96 Å². The summed E-state index contributed by atoms with van der Waals surface area (Å²) in [4.78, 5) is 16.8. The van der Waals surface area contributed by atoms with Gasteiger partial charge in [-0.05, 0) is 49.7 Å². The molecule has 8 heteroatoms. The van der Waals surface area contributed by atoms with Gasteiger partial charge in [0, 0.05) is 63.7 Å². The van der Waals surface area contributed by atoms with Gasteiger partial charge in [0.05, 0.1) is 6.54 Å². The first kappa shape index (κ1) is 25.6. The average molecular weight is 564 g/mol. The van der Waals surface area contributed by atoms with Crippen LogP contribution in [0.3, 0.4) is 0 Å². The third-order valence-corrected chi connectivity index (χ3v) is 6.37. The molecule has 2 aliphatic heterocycles. The molecule has 2 saturated heterocycles. The number of hydrogen-bond acceptors (Lipinski definition) is 5. The lowest BCUT2D eigenvalue weighted by Gasteiger charge is -2.34. The van der Waals surface area contributed by atoms with Gasteiger partial charge in [0.1, 0.15) is 5.82 Å². The fourth-order valence-corrected chi connectivity index (χ4v) is 4.46. The van der Waals surface area contributed by atoms with Crippen molar-refractivity contribution in [2.75, 3.05) is 62.2 Å². The number of nitrogens with one attached hydrogen (secondary N) is 2. The standard InChI is InChI=1S/C25H37N7.HI/c1-3-26-25(29-22-11-13-32(20-22)23-8-6-5-7-9-23)28-19-21-10-12-27-24(18-21)31-16-14-30(4-2)15-17-31;/h5-10,12,18,22H,3-4,11,13-17,19-20H2,1-2H3,(H2,26,28,29);1H. The van der Waals surface area contributed by atoms with Gasteiger partial charge < -0.3 is 25.3 Å². The van der Waals surface area contributed by atoms with Crippen LogP contribution in [0.4, 0.5) is 11.5 Å². The van der Waals surface area contributed by atoms with Crippen LogP contribution >= 0.6 is 24.0 Å². The second-order valence-corrected chi connectivity index (χ2v) is 8.55. The molecule has 180 valence electrons. The number of rotatable bonds is 7.